The van der Waals surface area contributed by atoms with Gasteiger partial charge in [-0.2, -0.15) is 0 Å². The standard InChI is InChI=1S/C23H24N2O3/c1-3-27-20-14-13-18(16-21(20)28-4-2)23(26)25-22(17-10-6-5-7-11-17)19-12-8-9-15-24-19/h5-16,22H,3-4H2,1-2H3,(H,25,26). The number of hydrogen-bond acceptors (Lipinski definition) is 4. The lowest BCUT2D eigenvalue weighted by atomic mass is 10.0. The van der Waals surface area contributed by atoms with Crippen LogP contribution in [0.25, 0.3) is 0 Å². The second-order valence-electron chi connectivity index (χ2n) is 6.10. The highest BCUT2D eigenvalue weighted by atomic mass is 16.5. The highest BCUT2D eigenvalue weighted by Gasteiger charge is 2.20. The van der Waals surface area contributed by atoms with E-state index in [0.29, 0.717) is 30.3 Å². The second kappa shape index (κ2) is 9.55. The van der Waals surface area contributed by atoms with E-state index < -0.39 is 0 Å². The minimum atomic E-state index is -0.350. The van der Waals surface area contributed by atoms with Crippen molar-refractivity contribution in [1.82, 2.24) is 10.3 Å². The van der Waals surface area contributed by atoms with E-state index in [-0.39, 0.29) is 11.9 Å². The zero-order valence-electron chi connectivity index (χ0n) is 16.1. The molecule has 0 aliphatic rings. The fraction of sp³-hybridized carbons (Fsp3) is 0.217. The summed E-state index contributed by atoms with van der Waals surface area (Å²) < 4.78 is 11.2. The van der Waals surface area contributed by atoms with E-state index in [1.807, 2.05) is 62.4 Å². The lowest BCUT2D eigenvalue weighted by Gasteiger charge is -2.19. The maximum Gasteiger partial charge on any atom is 0.252 e. The van der Waals surface area contributed by atoms with Gasteiger partial charge in [-0.1, -0.05) is 36.4 Å². The fourth-order valence-electron chi connectivity index (χ4n) is 2.93. The molecule has 3 rings (SSSR count). The third-order valence-corrected chi connectivity index (χ3v) is 4.20. The minimum Gasteiger partial charge on any atom is -0.490 e. The van der Waals surface area contributed by atoms with Crippen molar-refractivity contribution < 1.29 is 14.3 Å². The van der Waals surface area contributed by atoms with Gasteiger partial charge in [0, 0.05) is 11.8 Å². The van der Waals surface area contributed by atoms with Crippen LogP contribution < -0.4 is 14.8 Å². The van der Waals surface area contributed by atoms with Crippen molar-refractivity contribution >= 4 is 5.91 Å². The first-order chi connectivity index (χ1) is 13.7. The van der Waals surface area contributed by atoms with Crippen LogP contribution in [-0.2, 0) is 0 Å². The number of aromatic nitrogens is 1. The normalized spacial score (nSPS) is 11.5. The number of hydrogen-bond donors (Lipinski definition) is 1. The molecule has 0 aliphatic heterocycles. The van der Waals surface area contributed by atoms with E-state index >= 15 is 0 Å². The fourth-order valence-corrected chi connectivity index (χ4v) is 2.93. The molecule has 0 saturated carbocycles. The molecule has 1 heterocycles. The largest absolute Gasteiger partial charge is 0.490 e. The summed E-state index contributed by atoms with van der Waals surface area (Å²) in [5.41, 5.74) is 2.24. The molecule has 0 saturated heterocycles. The molecule has 1 N–H and O–H groups in total. The Bertz CT molecular complexity index is 859. The highest BCUT2D eigenvalue weighted by molar-refractivity contribution is 5.95. The second-order valence-corrected chi connectivity index (χ2v) is 6.10. The number of nitrogens with zero attached hydrogens (tertiary/aromatic N) is 1. The average molecular weight is 376 g/mol. The van der Waals surface area contributed by atoms with Crippen LogP contribution >= 0.6 is 0 Å². The van der Waals surface area contributed by atoms with Crippen molar-refractivity contribution in [3.63, 3.8) is 0 Å². The van der Waals surface area contributed by atoms with Gasteiger partial charge in [0.2, 0.25) is 0 Å². The summed E-state index contributed by atoms with van der Waals surface area (Å²) in [6, 6.07) is 20.3. The summed E-state index contributed by atoms with van der Waals surface area (Å²) in [6.07, 6.45) is 1.72. The molecule has 1 unspecified atom stereocenters. The zero-order chi connectivity index (χ0) is 19.8. The first kappa shape index (κ1) is 19.4. The predicted molar refractivity (Wildman–Crippen MR) is 109 cm³/mol. The highest BCUT2D eigenvalue weighted by Crippen LogP contribution is 2.29. The van der Waals surface area contributed by atoms with E-state index in [0.717, 1.165) is 11.3 Å². The van der Waals surface area contributed by atoms with E-state index in [1.165, 1.54) is 0 Å². The van der Waals surface area contributed by atoms with Crippen LogP contribution in [0.4, 0.5) is 0 Å². The molecular weight excluding hydrogens is 352 g/mol. The average Bonchev–Trinajstić information content (AvgIpc) is 2.74. The Morgan fingerprint density at radius 3 is 2.32 bits per heavy atom. The van der Waals surface area contributed by atoms with Crippen LogP contribution in [0.5, 0.6) is 11.5 Å². The zero-order valence-corrected chi connectivity index (χ0v) is 16.1. The minimum absolute atomic E-state index is 0.205. The van der Waals surface area contributed by atoms with E-state index in [9.17, 15) is 4.79 Å². The Morgan fingerprint density at radius 2 is 1.64 bits per heavy atom. The number of carbonyl (C=O) groups excluding carboxylic acids is 1. The predicted octanol–water partition coefficient (Wildman–Crippen LogP) is 4.40. The maximum absolute atomic E-state index is 13.0. The number of nitrogens with one attached hydrogen (secondary N) is 1. The molecule has 0 aliphatic carbocycles. The van der Waals surface area contributed by atoms with Crippen molar-refractivity contribution in [3.05, 3.63) is 89.7 Å². The van der Waals surface area contributed by atoms with Gasteiger partial charge in [-0.25, -0.2) is 0 Å². The van der Waals surface area contributed by atoms with E-state index in [2.05, 4.69) is 10.3 Å². The molecular formula is C23H24N2O3. The number of carbonyl (C=O) groups is 1. The lowest BCUT2D eigenvalue weighted by molar-refractivity contribution is 0.0941. The first-order valence-corrected chi connectivity index (χ1v) is 9.39. The molecule has 0 bridgehead atoms. The van der Waals surface area contributed by atoms with Crippen LogP contribution in [0, 0.1) is 0 Å². The van der Waals surface area contributed by atoms with Crippen molar-refractivity contribution in [2.24, 2.45) is 0 Å². The molecule has 0 radical (unpaired) electrons. The van der Waals surface area contributed by atoms with Gasteiger partial charge in [-0.15, -0.1) is 0 Å². The Labute approximate surface area is 165 Å². The van der Waals surface area contributed by atoms with Crippen molar-refractivity contribution in [2.75, 3.05) is 13.2 Å². The Balaban J connectivity index is 1.89. The van der Waals surface area contributed by atoms with Crippen LogP contribution in [0.3, 0.4) is 0 Å². The third kappa shape index (κ3) is 4.68. The van der Waals surface area contributed by atoms with E-state index in [4.69, 9.17) is 9.47 Å². The van der Waals surface area contributed by atoms with Gasteiger partial charge in [0.15, 0.2) is 11.5 Å². The molecule has 3 aromatic rings. The third-order valence-electron chi connectivity index (χ3n) is 4.20. The van der Waals surface area contributed by atoms with Crippen LogP contribution in [0.1, 0.15) is 41.5 Å². The summed E-state index contributed by atoms with van der Waals surface area (Å²) in [4.78, 5) is 17.4. The van der Waals surface area contributed by atoms with Gasteiger partial charge < -0.3 is 14.8 Å². The summed E-state index contributed by atoms with van der Waals surface area (Å²) >= 11 is 0. The number of ether oxygens (including phenoxy) is 2. The molecule has 144 valence electrons. The SMILES string of the molecule is CCOc1ccc(C(=O)NC(c2ccccc2)c2ccccn2)cc1OCC. The topological polar surface area (TPSA) is 60.5 Å². The number of amides is 1. The van der Waals surface area contributed by atoms with Gasteiger partial charge in [-0.3, -0.25) is 9.78 Å². The van der Waals surface area contributed by atoms with Crippen molar-refractivity contribution in [2.45, 2.75) is 19.9 Å². The molecule has 0 fully saturated rings. The first-order valence-electron chi connectivity index (χ1n) is 9.39. The van der Waals surface area contributed by atoms with Gasteiger partial charge >= 0.3 is 0 Å². The lowest BCUT2D eigenvalue weighted by Crippen LogP contribution is -2.30. The molecule has 1 amide bonds. The summed E-state index contributed by atoms with van der Waals surface area (Å²) in [5, 5.41) is 3.09. The summed E-state index contributed by atoms with van der Waals surface area (Å²) in [5.74, 6) is 0.986. The van der Waals surface area contributed by atoms with Crippen LogP contribution in [-0.4, -0.2) is 24.1 Å². The molecule has 0 spiro atoms. The number of pyridine rings is 1. The van der Waals surface area contributed by atoms with Gasteiger partial charge in [-0.05, 0) is 49.7 Å². The molecule has 5 heteroatoms. The van der Waals surface area contributed by atoms with Crippen LogP contribution in [0.15, 0.2) is 72.9 Å². The monoisotopic (exact) mass is 376 g/mol. The van der Waals surface area contributed by atoms with Crippen molar-refractivity contribution in [1.29, 1.82) is 0 Å². The van der Waals surface area contributed by atoms with Gasteiger partial charge in [0.25, 0.3) is 5.91 Å². The smallest absolute Gasteiger partial charge is 0.252 e. The quantitative estimate of drug-likeness (QED) is 0.633. The molecule has 5 nitrogen and oxygen atoms in total. The van der Waals surface area contributed by atoms with Gasteiger partial charge in [0.1, 0.15) is 0 Å². The summed E-state index contributed by atoms with van der Waals surface area (Å²) in [7, 11) is 0. The van der Waals surface area contributed by atoms with E-state index in [1.54, 1.807) is 24.4 Å². The Hall–Kier alpha value is -3.34. The maximum atomic E-state index is 13.0. The molecule has 1 atom stereocenters. The number of benzene rings is 2. The van der Waals surface area contributed by atoms with Crippen LogP contribution in [0.2, 0.25) is 0 Å². The summed E-state index contributed by atoms with van der Waals surface area (Å²) in [6.45, 7) is 4.83. The Morgan fingerprint density at radius 1 is 0.929 bits per heavy atom. The molecule has 2 aromatic carbocycles. The molecule has 1 aromatic heterocycles. The Kier molecular flexibility index (Phi) is 6.63. The van der Waals surface area contributed by atoms with Gasteiger partial charge in [0.05, 0.1) is 24.9 Å². The molecule has 28 heavy (non-hydrogen) atoms. The van der Waals surface area contributed by atoms with Crippen molar-refractivity contribution in [3.8, 4) is 11.5 Å². The number of rotatable bonds is 8.